The quantitative estimate of drug-likeness (QED) is 0.661. The average molecular weight is 356 g/mol. The molecule has 2 heterocycles. The van der Waals surface area contributed by atoms with Crippen molar-refractivity contribution in [3.63, 3.8) is 0 Å². The molecule has 1 aromatic carbocycles. The number of hydrogen-bond donors (Lipinski definition) is 1. The van der Waals surface area contributed by atoms with E-state index in [9.17, 15) is 4.79 Å². The Kier molecular flexibility index (Phi) is 4.76. The van der Waals surface area contributed by atoms with E-state index in [1.807, 2.05) is 0 Å². The maximum absolute atomic E-state index is 12.4. The van der Waals surface area contributed by atoms with Crippen LogP contribution in [0.3, 0.4) is 0 Å². The van der Waals surface area contributed by atoms with Crippen LogP contribution in [0.15, 0.2) is 24.4 Å². The zero-order valence-electron chi connectivity index (χ0n) is 15.8. The highest BCUT2D eigenvalue weighted by Gasteiger charge is 2.39. The summed E-state index contributed by atoms with van der Waals surface area (Å²) in [6.07, 6.45) is 4.21. The van der Waals surface area contributed by atoms with Gasteiger partial charge >= 0.3 is 5.97 Å². The molecule has 0 amide bonds. The van der Waals surface area contributed by atoms with Gasteiger partial charge in [0, 0.05) is 48.8 Å². The molecule has 5 heteroatoms. The smallest absolute Gasteiger partial charge is 0.310 e. The number of piperidine rings is 1. The Morgan fingerprint density at radius 1 is 1.35 bits per heavy atom. The zero-order chi connectivity index (χ0) is 18.3. The highest BCUT2D eigenvalue weighted by molar-refractivity contribution is 5.89. The number of aromatic nitrogens is 1. The van der Waals surface area contributed by atoms with Crippen LogP contribution in [-0.2, 0) is 20.7 Å². The Bertz CT molecular complexity index is 811. The molecule has 0 saturated carbocycles. The average Bonchev–Trinajstić information content (AvgIpc) is 3.02. The van der Waals surface area contributed by atoms with Gasteiger partial charge < -0.3 is 19.4 Å². The van der Waals surface area contributed by atoms with Crippen molar-refractivity contribution in [2.24, 2.45) is 5.92 Å². The fraction of sp³-hybridized carbons (Fsp3) is 0.571. The van der Waals surface area contributed by atoms with Gasteiger partial charge in [-0.25, -0.2) is 0 Å². The second kappa shape index (κ2) is 7.05. The van der Waals surface area contributed by atoms with Gasteiger partial charge in [0.05, 0.1) is 12.5 Å². The number of esters is 1. The Balaban J connectivity index is 1.62. The first-order chi connectivity index (χ1) is 12.6. The van der Waals surface area contributed by atoms with Gasteiger partial charge in [0.25, 0.3) is 0 Å². The molecule has 1 aliphatic heterocycles. The van der Waals surface area contributed by atoms with Crippen LogP contribution in [0.25, 0.3) is 10.9 Å². The third-order valence-electron chi connectivity index (χ3n) is 5.88. The summed E-state index contributed by atoms with van der Waals surface area (Å²) in [5.74, 6) is 0.172. The van der Waals surface area contributed by atoms with E-state index in [0.717, 1.165) is 12.8 Å². The lowest BCUT2D eigenvalue weighted by molar-refractivity contribution is -0.150. The first-order valence-corrected chi connectivity index (χ1v) is 9.61. The van der Waals surface area contributed by atoms with Gasteiger partial charge in [-0.15, -0.1) is 0 Å². The molecule has 3 unspecified atom stereocenters. The molecule has 0 bridgehead atoms. The highest BCUT2D eigenvalue weighted by Crippen LogP contribution is 2.43. The number of nitrogens with one attached hydrogen (secondary N) is 1. The number of carbonyl (C=O) groups is 1. The molecule has 4 rings (SSSR count). The minimum absolute atomic E-state index is 0.0860. The number of hydrogen-bond acceptors (Lipinski definition) is 4. The molecular formula is C21H28N2O3. The van der Waals surface area contributed by atoms with Crippen molar-refractivity contribution in [3.8, 4) is 0 Å². The molecule has 5 nitrogen and oxygen atoms in total. The van der Waals surface area contributed by atoms with E-state index >= 15 is 0 Å². The van der Waals surface area contributed by atoms with E-state index in [-0.39, 0.29) is 11.9 Å². The molecule has 2 aromatic rings. The molecule has 1 saturated heterocycles. The molecule has 140 valence electrons. The fourth-order valence-electron chi connectivity index (χ4n) is 4.62. The van der Waals surface area contributed by atoms with Crippen LogP contribution < -0.4 is 5.32 Å². The largest absolute Gasteiger partial charge is 0.463 e. The predicted octanol–water partition coefficient (Wildman–Crippen LogP) is 3.03. The molecule has 0 spiro atoms. The van der Waals surface area contributed by atoms with Crippen molar-refractivity contribution < 1.29 is 14.3 Å². The van der Waals surface area contributed by atoms with E-state index in [1.54, 1.807) is 7.11 Å². The number of nitrogens with zero attached hydrogens (tertiary/aromatic N) is 1. The number of fused-ring (bicyclic) bond motifs is 2. The third-order valence-corrected chi connectivity index (χ3v) is 5.88. The van der Waals surface area contributed by atoms with Crippen LogP contribution in [0.4, 0.5) is 0 Å². The number of benzene rings is 1. The third kappa shape index (κ3) is 2.93. The summed E-state index contributed by atoms with van der Waals surface area (Å²) in [5.41, 5.74) is 4.13. The maximum atomic E-state index is 12.4. The Hall–Kier alpha value is -1.85. The van der Waals surface area contributed by atoms with E-state index in [0.29, 0.717) is 37.8 Å². The summed E-state index contributed by atoms with van der Waals surface area (Å²) in [7, 11) is 1.62. The topological polar surface area (TPSA) is 52.5 Å². The summed E-state index contributed by atoms with van der Waals surface area (Å²) in [6, 6.07) is 7.46. The van der Waals surface area contributed by atoms with Crippen LogP contribution in [0.2, 0.25) is 0 Å². The molecule has 0 radical (unpaired) electrons. The highest BCUT2D eigenvalue weighted by atomic mass is 16.6. The molecule has 1 fully saturated rings. The molecule has 3 atom stereocenters. The van der Waals surface area contributed by atoms with Gasteiger partial charge in [0.15, 0.2) is 0 Å². The van der Waals surface area contributed by atoms with E-state index < -0.39 is 0 Å². The Morgan fingerprint density at radius 3 is 2.96 bits per heavy atom. The van der Waals surface area contributed by atoms with Gasteiger partial charge in [-0.1, -0.05) is 12.1 Å². The SMILES string of the molecule is COCCOC(=O)C1CNC2Cc3cn(C(C)C)c4cccc(c34)C2C1. The second-order valence-electron chi connectivity index (χ2n) is 7.82. The molecule has 1 aliphatic carbocycles. The van der Waals surface area contributed by atoms with Crippen molar-refractivity contribution in [1.29, 1.82) is 0 Å². The van der Waals surface area contributed by atoms with Gasteiger partial charge in [-0.05, 0) is 43.9 Å². The van der Waals surface area contributed by atoms with Crippen molar-refractivity contribution >= 4 is 16.9 Å². The Morgan fingerprint density at radius 2 is 2.19 bits per heavy atom. The number of rotatable bonds is 5. The summed E-state index contributed by atoms with van der Waals surface area (Å²) in [5, 5.41) is 5.02. The van der Waals surface area contributed by atoms with Crippen LogP contribution in [0, 0.1) is 5.92 Å². The van der Waals surface area contributed by atoms with Crippen molar-refractivity contribution in [3.05, 3.63) is 35.5 Å². The maximum Gasteiger partial charge on any atom is 0.310 e. The number of ether oxygens (including phenoxy) is 2. The van der Waals surface area contributed by atoms with E-state index in [1.165, 1.54) is 22.0 Å². The summed E-state index contributed by atoms with van der Waals surface area (Å²) >= 11 is 0. The predicted molar refractivity (Wildman–Crippen MR) is 102 cm³/mol. The molecule has 26 heavy (non-hydrogen) atoms. The Labute approximate surface area is 154 Å². The fourth-order valence-corrected chi connectivity index (χ4v) is 4.62. The monoisotopic (exact) mass is 356 g/mol. The summed E-state index contributed by atoms with van der Waals surface area (Å²) in [4.78, 5) is 12.4. The first kappa shape index (κ1) is 17.6. The van der Waals surface area contributed by atoms with Gasteiger partial charge in [-0.2, -0.15) is 0 Å². The van der Waals surface area contributed by atoms with Gasteiger partial charge in [0.1, 0.15) is 6.61 Å². The summed E-state index contributed by atoms with van der Waals surface area (Å²) < 4.78 is 12.7. The van der Waals surface area contributed by atoms with Gasteiger partial charge in [0.2, 0.25) is 0 Å². The van der Waals surface area contributed by atoms with E-state index in [2.05, 4.69) is 48.1 Å². The lowest BCUT2D eigenvalue weighted by Gasteiger charge is -2.39. The molecule has 1 aromatic heterocycles. The minimum Gasteiger partial charge on any atom is -0.463 e. The van der Waals surface area contributed by atoms with Gasteiger partial charge in [-0.3, -0.25) is 4.79 Å². The lowest BCUT2D eigenvalue weighted by atomic mass is 9.73. The first-order valence-electron chi connectivity index (χ1n) is 9.61. The molecule has 1 N–H and O–H groups in total. The number of methoxy groups -OCH3 is 1. The minimum atomic E-state index is -0.106. The van der Waals surface area contributed by atoms with Crippen LogP contribution >= 0.6 is 0 Å². The zero-order valence-corrected chi connectivity index (χ0v) is 15.8. The van der Waals surface area contributed by atoms with Crippen LogP contribution in [0.1, 0.15) is 43.4 Å². The van der Waals surface area contributed by atoms with E-state index in [4.69, 9.17) is 9.47 Å². The molecular weight excluding hydrogens is 328 g/mol. The second-order valence-corrected chi connectivity index (χ2v) is 7.82. The van der Waals surface area contributed by atoms with Crippen LogP contribution in [-0.4, -0.2) is 43.4 Å². The molecule has 2 aliphatic rings. The van der Waals surface area contributed by atoms with Crippen LogP contribution in [0.5, 0.6) is 0 Å². The standard InChI is InChI=1S/C21H28N2O3/c1-13(2)23-12-15-10-18-17(16-5-4-6-19(23)20(15)16)9-14(11-22-18)21(24)26-8-7-25-3/h4-6,12-14,17-18,22H,7-11H2,1-3H3. The summed E-state index contributed by atoms with van der Waals surface area (Å²) in [6.45, 7) is 5.93. The van der Waals surface area contributed by atoms with Crippen molar-refractivity contribution in [2.45, 2.75) is 44.7 Å². The normalized spacial score (nSPS) is 24.7. The lowest BCUT2D eigenvalue weighted by Crippen LogP contribution is -2.49. The van der Waals surface area contributed by atoms with Crippen molar-refractivity contribution in [1.82, 2.24) is 9.88 Å². The number of carbonyl (C=O) groups excluding carboxylic acids is 1. The van der Waals surface area contributed by atoms with Crippen molar-refractivity contribution in [2.75, 3.05) is 26.9 Å².